The molecule has 1 aromatic carbocycles. The molecular formula is C12H15N5O2. The molecule has 2 rings (SSSR count). The van der Waals surface area contributed by atoms with Crippen LogP contribution in [0.3, 0.4) is 0 Å². The zero-order chi connectivity index (χ0) is 13.8. The monoisotopic (exact) mass is 261 g/mol. The van der Waals surface area contributed by atoms with E-state index in [2.05, 4.69) is 20.8 Å². The van der Waals surface area contributed by atoms with Gasteiger partial charge in [0.15, 0.2) is 5.82 Å². The summed E-state index contributed by atoms with van der Waals surface area (Å²) in [4.78, 5) is 11.0. The molecule has 100 valence electrons. The molecule has 0 spiro atoms. The van der Waals surface area contributed by atoms with E-state index in [-0.39, 0.29) is 0 Å². The lowest BCUT2D eigenvalue weighted by atomic mass is 10.2. The third-order valence-corrected chi connectivity index (χ3v) is 2.76. The number of hydrogen-bond donors (Lipinski definition) is 2. The maximum Gasteiger partial charge on any atom is 0.326 e. The first kappa shape index (κ1) is 13.0. The molecule has 1 heterocycles. The van der Waals surface area contributed by atoms with E-state index in [1.54, 1.807) is 11.6 Å². The highest BCUT2D eigenvalue weighted by Gasteiger charge is 2.14. The number of rotatable bonds is 5. The van der Waals surface area contributed by atoms with Crippen LogP contribution in [0.4, 0.5) is 5.69 Å². The maximum atomic E-state index is 11.0. The van der Waals surface area contributed by atoms with E-state index < -0.39 is 12.0 Å². The van der Waals surface area contributed by atoms with Gasteiger partial charge in [-0.2, -0.15) is 4.68 Å². The summed E-state index contributed by atoms with van der Waals surface area (Å²) in [5.41, 5.74) is 1.51. The summed E-state index contributed by atoms with van der Waals surface area (Å²) in [6.45, 7) is 3.62. The number of tetrazole rings is 1. The minimum atomic E-state index is -0.869. The highest BCUT2D eigenvalue weighted by molar-refractivity contribution is 5.77. The van der Waals surface area contributed by atoms with Crippen LogP contribution in [0.25, 0.3) is 5.69 Å². The SMILES string of the molecule is CCC(Nc1cccc(-n2nnnc2C)c1)C(=O)O. The molecule has 19 heavy (non-hydrogen) atoms. The van der Waals surface area contributed by atoms with E-state index in [1.807, 2.05) is 31.2 Å². The van der Waals surface area contributed by atoms with Gasteiger partial charge in [0.1, 0.15) is 6.04 Å². The molecule has 2 N–H and O–H groups in total. The number of aryl methyl sites for hydroxylation is 1. The number of hydrogen-bond acceptors (Lipinski definition) is 5. The Kier molecular flexibility index (Phi) is 3.74. The fourth-order valence-corrected chi connectivity index (χ4v) is 1.74. The fourth-order valence-electron chi connectivity index (χ4n) is 1.74. The zero-order valence-electron chi connectivity index (χ0n) is 10.7. The normalized spacial score (nSPS) is 12.1. The van der Waals surface area contributed by atoms with Crippen LogP contribution in [0, 0.1) is 6.92 Å². The minimum Gasteiger partial charge on any atom is -0.480 e. The molecule has 0 saturated heterocycles. The van der Waals surface area contributed by atoms with Crippen molar-refractivity contribution in [2.24, 2.45) is 0 Å². The van der Waals surface area contributed by atoms with Gasteiger partial charge in [-0.25, -0.2) is 4.79 Å². The van der Waals surface area contributed by atoms with Crippen molar-refractivity contribution in [3.8, 4) is 5.69 Å². The molecule has 0 amide bonds. The van der Waals surface area contributed by atoms with Crippen molar-refractivity contribution in [3.05, 3.63) is 30.1 Å². The summed E-state index contributed by atoms with van der Waals surface area (Å²) in [5, 5.41) is 23.3. The van der Waals surface area contributed by atoms with E-state index in [0.717, 1.165) is 11.4 Å². The van der Waals surface area contributed by atoms with Gasteiger partial charge in [-0.15, -0.1) is 5.10 Å². The largest absolute Gasteiger partial charge is 0.480 e. The number of benzene rings is 1. The smallest absolute Gasteiger partial charge is 0.326 e. The molecule has 0 saturated carbocycles. The summed E-state index contributed by atoms with van der Waals surface area (Å²) in [6.07, 6.45) is 0.503. The Balaban J connectivity index is 2.25. The van der Waals surface area contributed by atoms with Crippen molar-refractivity contribution in [2.45, 2.75) is 26.3 Å². The summed E-state index contributed by atoms with van der Waals surface area (Å²) < 4.78 is 1.59. The average Bonchev–Trinajstić information content (AvgIpc) is 2.82. The van der Waals surface area contributed by atoms with Crippen molar-refractivity contribution in [3.63, 3.8) is 0 Å². The Hall–Kier alpha value is -2.44. The number of nitrogens with one attached hydrogen (secondary N) is 1. The predicted molar refractivity (Wildman–Crippen MR) is 69.2 cm³/mol. The molecule has 1 atom stereocenters. The molecule has 0 aliphatic heterocycles. The third-order valence-electron chi connectivity index (χ3n) is 2.76. The number of carbonyl (C=O) groups is 1. The third kappa shape index (κ3) is 2.87. The predicted octanol–water partition coefficient (Wildman–Crippen LogP) is 1.25. The second-order valence-electron chi connectivity index (χ2n) is 4.13. The van der Waals surface area contributed by atoms with Crippen molar-refractivity contribution in [1.29, 1.82) is 0 Å². The van der Waals surface area contributed by atoms with Crippen LogP contribution in [-0.2, 0) is 4.79 Å². The van der Waals surface area contributed by atoms with Gasteiger partial charge in [0.2, 0.25) is 0 Å². The first-order chi connectivity index (χ1) is 9.11. The van der Waals surface area contributed by atoms with Crippen LogP contribution in [-0.4, -0.2) is 37.3 Å². The van der Waals surface area contributed by atoms with Crippen LogP contribution < -0.4 is 5.32 Å². The lowest BCUT2D eigenvalue weighted by molar-refractivity contribution is -0.137. The zero-order valence-corrected chi connectivity index (χ0v) is 10.7. The molecule has 7 nitrogen and oxygen atoms in total. The van der Waals surface area contributed by atoms with Gasteiger partial charge in [-0.3, -0.25) is 0 Å². The van der Waals surface area contributed by atoms with Crippen LogP contribution in [0.1, 0.15) is 19.2 Å². The van der Waals surface area contributed by atoms with E-state index >= 15 is 0 Å². The Bertz CT molecular complexity index is 581. The number of aromatic nitrogens is 4. The quantitative estimate of drug-likeness (QED) is 0.841. The van der Waals surface area contributed by atoms with Gasteiger partial charge < -0.3 is 10.4 Å². The van der Waals surface area contributed by atoms with Gasteiger partial charge >= 0.3 is 5.97 Å². The van der Waals surface area contributed by atoms with Gasteiger partial charge in [-0.05, 0) is 42.0 Å². The maximum absolute atomic E-state index is 11.0. The average molecular weight is 261 g/mol. The van der Waals surface area contributed by atoms with Crippen LogP contribution in [0.15, 0.2) is 24.3 Å². The molecular weight excluding hydrogens is 246 g/mol. The fraction of sp³-hybridized carbons (Fsp3) is 0.333. The Morgan fingerprint density at radius 3 is 2.89 bits per heavy atom. The first-order valence-electron chi connectivity index (χ1n) is 5.96. The van der Waals surface area contributed by atoms with Crippen LogP contribution in [0.5, 0.6) is 0 Å². The number of carboxylic acids is 1. The highest BCUT2D eigenvalue weighted by Crippen LogP contribution is 2.16. The molecule has 0 fully saturated rings. The van der Waals surface area contributed by atoms with E-state index in [1.165, 1.54) is 0 Å². The minimum absolute atomic E-state index is 0.503. The van der Waals surface area contributed by atoms with Crippen molar-refractivity contribution >= 4 is 11.7 Å². The summed E-state index contributed by atoms with van der Waals surface area (Å²) in [7, 11) is 0. The summed E-state index contributed by atoms with van der Waals surface area (Å²) >= 11 is 0. The lowest BCUT2D eigenvalue weighted by Gasteiger charge is -2.14. The number of nitrogens with zero attached hydrogens (tertiary/aromatic N) is 4. The number of anilines is 1. The second-order valence-corrected chi connectivity index (χ2v) is 4.13. The van der Waals surface area contributed by atoms with Crippen LogP contribution >= 0.6 is 0 Å². The van der Waals surface area contributed by atoms with Crippen molar-refractivity contribution in [2.75, 3.05) is 5.32 Å². The number of carboxylic acid groups (broad SMARTS) is 1. The number of aliphatic carboxylic acids is 1. The topological polar surface area (TPSA) is 92.9 Å². The van der Waals surface area contributed by atoms with Gasteiger partial charge in [-0.1, -0.05) is 13.0 Å². The van der Waals surface area contributed by atoms with E-state index in [4.69, 9.17) is 5.11 Å². The van der Waals surface area contributed by atoms with Crippen molar-refractivity contribution in [1.82, 2.24) is 20.2 Å². The molecule has 1 unspecified atom stereocenters. The molecule has 0 radical (unpaired) electrons. The van der Waals surface area contributed by atoms with Gasteiger partial charge in [0.25, 0.3) is 0 Å². The van der Waals surface area contributed by atoms with E-state index in [9.17, 15) is 4.79 Å². The standard InChI is InChI=1S/C12H15N5O2/c1-3-11(12(18)19)13-9-5-4-6-10(7-9)17-8(2)14-15-16-17/h4-7,11,13H,3H2,1-2H3,(H,18,19). The van der Waals surface area contributed by atoms with E-state index in [0.29, 0.717) is 12.2 Å². The first-order valence-corrected chi connectivity index (χ1v) is 5.96. The highest BCUT2D eigenvalue weighted by atomic mass is 16.4. The van der Waals surface area contributed by atoms with Gasteiger partial charge in [0.05, 0.1) is 5.69 Å². The second kappa shape index (κ2) is 5.47. The summed E-state index contributed by atoms with van der Waals surface area (Å²) in [5.74, 6) is -0.200. The van der Waals surface area contributed by atoms with Crippen molar-refractivity contribution < 1.29 is 9.90 Å². The Morgan fingerprint density at radius 2 is 2.32 bits per heavy atom. The summed E-state index contributed by atoms with van der Waals surface area (Å²) in [6, 6.07) is 6.71. The molecule has 7 heteroatoms. The molecule has 0 bridgehead atoms. The molecule has 0 aliphatic rings. The molecule has 2 aromatic rings. The molecule has 0 aliphatic carbocycles. The lowest BCUT2D eigenvalue weighted by Crippen LogP contribution is -2.28. The Labute approximate surface area is 110 Å². The van der Waals surface area contributed by atoms with Crippen LogP contribution in [0.2, 0.25) is 0 Å². The molecule has 1 aromatic heterocycles. The van der Waals surface area contributed by atoms with Gasteiger partial charge in [0, 0.05) is 5.69 Å². The Morgan fingerprint density at radius 1 is 1.53 bits per heavy atom.